The normalized spacial score (nSPS) is 20.8. The van der Waals surface area contributed by atoms with Crippen LogP contribution in [0.4, 0.5) is 0 Å². The summed E-state index contributed by atoms with van der Waals surface area (Å²) in [5, 5.41) is 3.72. The van der Waals surface area contributed by atoms with Gasteiger partial charge in [0.1, 0.15) is 5.82 Å². The van der Waals surface area contributed by atoms with Gasteiger partial charge in [0.15, 0.2) is 0 Å². The molecule has 0 spiro atoms. The Morgan fingerprint density at radius 3 is 2.71 bits per heavy atom. The highest BCUT2D eigenvalue weighted by atomic mass is 15.1. The van der Waals surface area contributed by atoms with Crippen LogP contribution in [-0.4, -0.2) is 15.6 Å². The molecule has 1 saturated carbocycles. The Kier molecular flexibility index (Phi) is 3.85. The molecule has 3 heteroatoms. The topological polar surface area (TPSA) is 29.9 Å². The number of benzene rings is 1. The standard InChI is InChI=1S/C18H25N3/c1-14-19-12-17(21(14)16-7-5-4-6-8-16)13-20-15-9-10-18(2,3)11-15/h4-8,12,15,20H,9-11,13H2,1-3H3. The van der Waals surface area contributed by atoms with Gasteiger partial charge in [-0.15, -0.1) is 0 Å². The Balaban J connectivity index is 1.73. The van der Waals surface area contributed by atoms with E-state index in [1.807, 2.05) is 12.3 Å². The molecule has 3 rings (SSSR count). The van der Waals surface area contributed by atoms with Gasteiger partial charge in [-0.2, -0.15) is 0 Å². The van der Waals surface area contributed by atoms with E-state index in [9.17, 15) is 0 Å². The summed E-state index contributed by atoms with van der Waals surface area (Å²) >= 11 is 0. The van der Waals surface area contributed by atoms with Crippen molar-refractivity contribution < 1.29 is 0 Å². The maximum atomic E-state index is 4.49. The highest BCUT2D eigenvalue weighted by molar-refractivity contribution is 5.35. The first-order valence-corrected chi connectivity index (χ1v) is 7.87. The van der Waals surface area contributed by atoms with E-state index in [0.717, 1.165) is 12.4 Å². The summed E-state index contributed by atoms with van der Waals surface area (Å²) in [6.07, 6.45) is 5.87. The smallest absolute Gasteiger partial charge is 0.110 e. The number of aryl methyl sites for hydroxylation is 1. The van der Waals surface area contributed by atoms with Crippen molar-refractivity contribution in [1.29, 1.82) is 0 Å². The van der Waals surface area contributed by atoms with E-state index in [1.54, 1.807) is 0 Å². The van der Waals surface area contributed by atoms with E-state index in [1.165, 1.54) is 30.6 Å². The molecule has 1 aliphatic rings. The quantitative estimate of drug-likeness (QED) is 0.923. The molecule has 0 bridgehead atoms. The minimum absolute atomic E-state index is 0.493. The van der Waals surface area contributed by atoms with Gasteiger partial charge in [0, 0.05) is 18.3 Å². The molecule has 1 aromatic heterocycles. The Morgan fingerprint density at radius 2 is 2.05 bits per heavy atom. The van der Waals surface area contributed by atoms with Gasteiger partial charge >= 0.3 is 0 Å². The first kappa shape index (κ1) is 14.3. The van der Waals surface area contributed by atoms with Crippen LogP contribution in [0.3, 0.4) is 0 Å². The van der Waals surface area contributed by atoms with Crippen molar-refractivity contribution in [2.24, 2.45) is 5.41 Å². The lowest BCUT2D eigenvalue weighted by atomic mass is 9.92. The molecule has 0 saturated heterocycles. The summed E-state index contributed by atoms with van der Waals surface area (Å²) in [4.78, 5) is 4.49. The van der Waals surface area contributed by atoms with Crippen LogP contribution in [0, 0.1) is 12.3 Å². The average Bonchev–Trinajstić information content (AvgIpc) is 3.00. The van der Waals surface area contributed by atoms with Crippen LogP contribution < -0.4 is 5.32 Å². The second-order valence-corrected chi connectivity index (χ2v) is 6.95. The van der Waals surface area contributed by atoms with Gasteiger partial charge in [0.25, 0.3) is 0 Å². The number of para-hydroxylation sites is 1. The van der Waals surface area contributed by atoms with Gasteiger partial charge in [0.05, 0.1) is 11.9 Å². The predicted octanol–water partition coefficient (Wildman–Crippen LogP) is 3.85. The van der Waals surface area contributed by atoms with Crippen LogP contribution in [0.5, 0.6) is 0 Å². The molecule has 1 unspecified atom stereocenters. The van der Waals surface area contributed by atoms with E-state index in [4.69, 9.17) is 0 Å². The second-order valence-electron chi connectivity index (χ2n) is 6.95. The van der Waals surface area contributed by atoms with Crippen LogP contribution in [0.1, 0.15) is 44.6 Å². The minimum Gasteiger partial charge on any atom is -0.308 e. The van der Waals surface area contributed by atoms with E-state index < -0.39 is 0 Å². The number of nitrogens with one attached hydrogen (secondary N) is 1. The fourth-order valence-electron chi connectivity index (χ4n) is 3.40. The first-order chi connectivity index (χ1) is 10.1. The zero-order valence-corrected chi connectivity index (χ0v) is 13.3. The molecule has 1 aromatic carbocycles. The van der Waals surface area contributed by atoms with Crippen LogP contribution in [-0.2, 0) is 6.54 Å². The van der Waals surface area contributed by atoms with Gasteiger partial charge in [-0.25, -0.2) is 4.98 Å². The lowest BCUT2D eigenvalue weighted by Gasteiger charge is -2.18. The van der Waals surface area contributed by atoms with E-state index >= 15 is 0 Å². The zero-order valence-electron chi connectivity index (χ0n) is 13.3. The monoisotopic (exact) mass is 283 g/mol. The fraction of sp³-hybridized carbons (Fsp3) is 0.500. The molecule has 2 aromatic rings. The van der Waals surface area contributed by atoms with Gasteiger partial charge < -0.3 is 5.32 Å². The molecule has 1 fully saturated rings. The summed E-state index contributed by atoms with van der Waals surface area (Å²) in [6.45, 7) is 7.69. The number of rotatable bonds is 4. The van der Waals surface area contributed by atoms with Crippen LogP contribution in [0.25, 0.3) is 5.69 Å². The Bertz CT molecular complexity index is 598. The number of aromatic nitrogens is 2. The third kappa shape index (κ3) is 3.18. The molecular formula is C18H25N3. The molecule has 0 aliphatic heterocycles. The maximum absolute atomic E-state index is 4.49. The summed E-state index contributed by atoms with van der Waals surface area (Å²) in [5.41, 5.74) is 2.92. The number of hydrogen-bond acceptors (Lipinski definition) is 2. The molecule has 1 atom stereocenters. The maximum Gasteiger partial charge on any atom is 0.110 e. The van der Waals surface area contributed by atoms with E-state index in [0.29, 0.717) is 11.5 Å². The molecule has 21 heavy (non-hydrogen) atoms. The van der Waals surface area contributed by atoms with Crippen LogP contribution in [0.2, 0.25) is 0 Å². The zero-order chi connectivity index (χ0) is 14.9. The molecule has 1 aliphatic carbocycles. The van der Waals surface area contributed by atoms with Crippen molar-refractivity contribution in [2.45, 2.75) is 52.6 Å². The molecular weight excluding hydrogens is 258 g/mol. The molecule has 0 radical (unpaired) electrons. The Labute approximate surface area is 127 Å². The Hall–Kier alpha value is -1.61. The molecule has 1 heterocycles. The van der Waals surface area contributed by atoms with Crippen LogP contribution in [0.15, 0.2) is 36.5 Å². The lowest BCUT2D eigenvalue weighted by molar-refractivity contribution is 0.363. The minimum atomic E-state index is 0.493. The van der Waals surface area contributed by atoms with E-state index in [-0.39, 0.29) is 0 Å². The van der Waals surface area contributed by atoms with Crippen LogP contribution >= 0.6 is 0 Å². The highest BCUT2D eigenvalue weighted by Crippen LogP contribution is 2.37. The van der Waals surface area contributed by atoms with E-state index in [2.05, 4.69) is 59.9 Å². The molecule has 3 nitrogen and oxygen atoms in total. The number of hydrogen-bond donors (Lipinski definition) is 1. The van der Waals surface area contributed by atoms with Crippen molar-refractivity contribution in [1.82, 2.24) is 14.9 Å². The largest absolute Gasteiger partial charge is 0.308 e. The summed E-state index contributed by atoms with van der Waals surface area (Å²) in [5.74, 6) is 1.05. The number of nitrogens with zero attached hydrogens (tertiary/aromatic N) is 2. The molecule has 0 amide bonds. The summed E-state index contributed by atoms with van der Waals surface area (Å²) in [6, 6.07) is 11.1. The third-order valence-electron chi connectivity index (χ3n) is 4.57. The number of imidazole rings is 1. The second kappa shape index (κ2) is 5.64. The van der Waals surface area contributed by atoms with Crippen molar-refractivity contribution in [2.75, 3.05) is 0 Å². The SMILES string of the molecule is Cc1ncc(CNC2CCC(C)(C)C2)n1-c1ccccc1. The summed E-state index contributed by atoms with van der Waals surface area (Å²) < 4.78 is 2.24. The van der Waals surface area contributed by atoms with Gasteiger partial charge in [-0.3, -0.25) is 4.57 Å². The van der Waals surface area contributed by atoms with Gasteiger partial charge in [0.2, 0.25) is 0 Å². The van der Waals surface area contributed by atoms with Crippen molar-refractivity contribution in [3.63, 3.8) is 0 Å². The van der Waals surface area contributed by atoms with Crippen molar-refractivity contribution in [3.05, 3.63) is 48.0 Å². The molecule has 1 N–H and O–H groups in total. The van der Waals surface area contributed by atoms with Gasteiger partial charge in [-0.1, -0.05) is 32.0 Å². The van der Waals surface area contributed by atoms with Crippen molar-refractivity contribution >= 4 is 0 Å². The average molecular weight is 283 g/mol. The fourth-order valence-corrected chi connectivity index (χ4v) is 3.40. The van der Waals surface area contributed by atoms with Crippen molar-refractivity contribution in [3.8, 4) is 5.69 Å². The highest BCUT2D eigenvalue weighted by Gasteiger charge is 2.30. The Morgan fingerprint density at radius 1 is 1.29 bits per heavy atom. The third-order valence-corrected chi connectivity index (χ3v) is 4.57. The molecule has 112 valence electrons. The predicted molar refractivity (Wildman–Crippen MR) is 86.6 cm³/mol. The summed E-state index contributed by atoms with van der Waals surface area (Å²) in [7, 11) is 0. The van der Waals surface area contributed by atoms with Gasteiger partial charge in [-0.05, 0) is 43.7 Å². The lowest BCUT2D eigenvalue weighted by Crippen LogP contribution is -2.27. The first-order valence-electron chi connectivity index (χ1n) is 7.87.